The number of nitrogens with zero attached hydrogens (tertiary/aromatic N) is 2. The molecule has 2 fully saturated rings. The van der Waals surface area contributed by atoms with Gasteiger partial charge in [0.1, 0.15) is 0 Å². The van der Waals surface area contributed by atoms with E-state index in [0.29, 0.717) is 31.8 Å². The summed E-state index contributed by atoms with van der Waals surface area (Å²) in [6.45, 7) is 4.78. The largest absolute Gasteiger partial charge is 0.481 e. The third-order valence-electron chi connectivity index (χ3n) is 3.94. The smallest absolute Gasteiger partial charge is 0.319 e. The molecule has 0 aromatic rings. The van der Waals surface area contributed by atoms with Gasteiger partial charge in [0, 0.05) is 26.2 Å². The summed E-state index contributed by atoms with van der Waals surface area (Å²) in [7, 11) is 0. The number of carboxylic acid groups (broad SMARTS) is 1. The maximum Gasteiger partial charge on any atom is 0.319 e. The molecular weight excluding hydrogens is 232 g/mol. The highest BCUT2D eigenvalue weighted by atomic mass is 16.4. The van der Waals surface area contributed by atoms with E-state index in [2.05, 4.69) is 0 Å². The van der Waals surface area contributed by atoms with Gasteiger partial charge < -0.3 is 14.9 Å². The molecule has 18 heavy (non-hydrogen) atoms. The number of urea groups is 1. The van der Waals surface area contributed by atoms with E-state index in [1.54, 1.807) is 0 Å². The van der Waals surface area contributed by atoms with E-state index in [9.17, 15) is 9.59 Å². The number of piperidine rings is 1. The number of carboxylic acids is 1. The molecule has 0 atom stereocenters. The number of carbonyl (C=O) groups is 2. The van der Waals surface area contributed by atoms with Crippen LogP contribution >= 0.6 is 0 Å². The van der Waals surface area contributed by atoms with Gasteiger partial charge in [-0.15, -0.1) is 0 Å². The fourth-order valence-corrected chi connectivity index (χ4v) is 2.47. The minimum Gasteiger partial charge on any atom is -0.481 e. The zero-order valence-electron chi connectivity index (χ0n) is 11.0. The molecule has 1 heterocycles. The number of likely N-dealkylation sites (tertiary alicyclic amines) is 1. The maximum absolute atomic E-state index is 12.3. The average Bonchev–Trinajstić information content (AvgIpc) is 3.19. The standard InChI is InChI=1S/C13H22N2O3/c1-2-14(9-10-3-4-10)13(18)15-7-5-11(6-8-15)12(16)17/h10-11H,2-9H2,1H3,(H,16,17). The van der Waals surface area contributed by atoms with Crippen LogP contribution in [0.5, 0.6) is 0 Å². The second-order valence-corrected chi connectivity index (χ2v) is 5.36. The molecule has 2 rings (SSSR count). The molecule has 102 valence electrons. The Hall–Kier alpha value is -1.26. The molecule has 1 saturated heterocycles. The summed E-state index contributed by atoms with van der Waals surface area (Å²) in [6.07, 6.45) is 3.65. The normalized spacial score (nSPS) is 20.8. The van der Waals surface area contributed by atoms with E-state index in [4.69, 9.17) is 5.11 Å². The van der Waals surface area contributed by atoms with E-state index in [0.717, 1.165) is 13.1 Å². The zero-order chi connectivity index (χ0) is 13.1. The maximum atomic E-state index is 12.3. The first kappa shape index (κ1) is 13.2. The molecule has 0 bridgehead atoms. The first-order valence-electron chi connectivity index (χ1n) is 6.88. The summed E-state index contributed by atoms with van der Waals surface area (Å²) in [6, 6.07) is 0.0910. The van der Waals surface area contributed by atoms with Gasteiger partial charge in [0.25, 0.3) is 0 Å². The van der Waals surface area contributed by atoms with Crippen molar-refractivity contribution in [2.24, 2.45) is 11.8 Å². The number of hydrogen-bond acceptors (Lipinski definition) is 2. The summed E-state index contributed by atoms with van der Waals surface area (Å²) in [4.78, 5) is 26.8. The van der Waals surface area contributed by atoms with Gasteiger partial charge >= 0.3 is 12.0 Å². The minimum absolute atomic E-state index is 0.0910. The van der Waals surface area contributed by atoms with Crippen molar-refractivity contribution in [3.63, 3.8) is 0 Å². The van der Waals surface area contributed by atoms with E-state index in [1.165, 1.54) is 12.8 Å². The summed E-state index contributed by atoms with van der Waals surface area (Å²) >= 11 is 0. The molecule has 1 N–H and O–H groups in total. The second-order valence-electron chi connectivity index (χ2n) is 5.36. The lowest BCUT2D eigenvalue weighted by molar-refractivity contribution is -0.143. The molecule has 1 aliphatic heterocycles. The molecule has 0 aromatic heterocycles. The number of aliphatic carboxylic acids is 1. The Kier molecular flexibility index (Phi) is 4.09. The van der Waals surface area contributed by atoms with E-state index >= 15 is 0 Å². The van der Waals surface area contributed by atoms with E-state index in [1.807, 2.05) is 16.7 Å². The third-order valence-corrected chi connectivity index (χ3v) is 3.94. The third kappa shape index (κ3) is 3.15. The number of hydrogen-bond donors (Lipinski definition) is 1. The van der Waals surface area contributed by atoms with Crippen LogP contribution in [0.25, 0.3) is 0 Å². The Morgan fingerprint density at radius 3 is 2.28 bits per heavy atom. The Morgan fingerprint density at radius 2 is 1.83 bits per heavy atom. The highest BCUT2D eigenvalue weighted by Gasteiger charge is 2.31. The van der Waals surface area contributed by atoms with Gasteiger partial charge in [0.05, 0.1) is 5.92 Å². The summed E-state index contributed by atoms with van der Waals surface area (Å²) < 4.78 is 0. The fraction of sp³-hybridized carbons (Fsp3) is 0.846. The first-order chi connectivity index (χ1) is 8.61. The van der Waals surface area contributed by atoms with E-state index in [-0.39, 0.29) is 11.9 Å². The lowest BCUT2D eigenvalue weighted by Gasteiger charge is -2.34. The Labute approximate surface area is 108 Å². The lowest BCUT2D eigenvalue weighted by Crippen LogP contribution is -2.48. The molecule has 1 saturated carbocycles. The first-order valence-corrected chi connectivity index (χ1v) is 6.88. The fourth-order valence-electron chi connectivity index (χ4n) is 2.47. The van der Waals surface area contributed by atoms with Crippen LogP contribution in [0, 0.1) is 11.8 Å². The van der Waals surface area contributed by atoms with Gasteiger partial charge in [-0.25, -0.2) is 4.79 Å². The monoisotopic (exact) mass is 254 g/mol. The molecule has 0 spiro atoms. The van der Waals surface area contributed by atoms with Crippen LogP contribution in [0.4, 0.5) is 4.79 Å². The van der Waals surface area contributed by atoms with Gasteiger partial charge in [-0.2, -0.15) is 0 Å². The molecular formula is C13H22N2O3. The van der Waals surface area contributed by atoms with Crippen molar-refractivity contribution >= 4 is 12.0 Å². The van der Waals surface area contributed by atoms with Crippen LogP contribution in [0.15, 0.2) is 0 Å². The van der Waals surface area contributed by atoms with Crippen molar-refractivity contribution in [2.75, 3.05) is 26.2 Å². The van der Waals surface area contributed by atoms with Crippen molar-refractivity contribution in [1.82, 2.24) is 9.80 Å². The average molecular weight is 254 g/mol. The molecule has 2 aliphatic rings. The molecule has 5 heteroatoms. The van der Waals surface area contributed by atoms with Crippen molar-refractivity contribution in [2.45, 2.75) is 32.6 Å². The summed E-state index contributed by atoms with van der Waals surface area (Å²) in [5.74, 6) is -0.301. The highest BCUT2D eigenvalue weighted by molar-refractivity contribution is 5.75. The molecule has 0 unspecified atom stereocenters. The number of rotatable bonds is 4. The predicted molar refractivity (Wildman–Crippen MR) is 67.3 cm³/mol. The molecule has 1 aliphatic carbocycles. The number of amides is 2. The Morgan fingerprint density at radius 1 is 1.22 bits per heavy atom. The van der Waals surface area contributed by atoms with Crippen LogP contribution in [0.1, 0.15) is 32.6 Å². The van der Waals surface area contributed by atoms with Crippen molar-refractivity contribution in [3.05, 3.63) is 0 Å². The summed E-state index contributed by atoms with van der Waals surface area (Å²) in [5.41, 5.74) is 0. The van der Waals surface area contributed by atoms with Crippen molar-refractivity contribution in [1.29, 1.82) is 0 Å². The SMILES string of the molecule is CCN(CC1CC1)C(=O)N1CCC(C(=O)O)CC1. The lowest BCUT2D eigenvalue weighted by atomic mass is 9.97. The van der Waals surface area contributed by atoms with Crippen LogP contribution in [-0.2, 0) is 4.79 Å². The number of carbonyl (C=O) groups excluding carboxylic acids is 1. The van der Waals surface area contributed by atoms with Gasteiger partial charge in [-0.1, -0.05) is 0 Å². The quantitative estimate of drug-likeness (QED) is 0.829. The second kappa shape index (κ2) is 5.59. The topological polar surface area (TPSA) is 60.9 Å². The van der Waals surface area contributed by atoms with Crippen LogP contribution in [-0.4, -0.2) is 53.1 Å². The van der Waals surface area contributed by atoms with Gasteiger partial charge in [0.2, 0.25) is 0 Å². The Bertz CT molecular complexity index is 320. The van der Waals surface area contributed by atoms with Crippen LogP contribution < -0.4 is 0 Å². The molecule has 0 aromatic carbocycles. The summed E-state index contributed by atoms with van der Waals surface area (Å²) in [5, 5.41) is 8.93. The van der Waals surface area contributed by atoms with Crippen molar-refractivity contribution < 1.29 is 14.7 Å². The van der Waals surface area contributed by atoms with E-state index < -0.39 is 5.97 Å². The highest BCUT2D eigenvalue weighted by Crippen LogP contribution is 2.30. The Balaban J connectivity index is 1.83. The molecule has 0 radical (unpaired) electrons. The van der Waals surface area contributed by atoms with Crippen LogP contribution in [0.2, 0.25) is 0 Å². The molecule has 2 amide bonds. The van der Waals surface area contributed by atoms with Crippen molar-refractivity contribution in [3.8, 4) is 0 Å². The van der Waals surface area contributed by atoms with Gasteiger partial charge in [0.15, 0.2) is 0 Å². The van der Waals surface area contributed by atoms with Gasteiger partial charge in [-0.05, 0) is 38.5 Å². The van der Waals surface area contributed by atoms with Crippen LogP contribution in [0.3, 0.4) is 0 Å². The minimum atomic E-state index is -0.729. The molecule has 5 nitrogen and oxygen atoms in total. The zero-order valence-corrected chi connectivity index (χ0v) is 11.0. The predicted octanol–water partition coefficient (Wildman–Crippen LogP) is 1.63. The van der Waals surface area contributed by atoms with Gasteiger partial charge in [-0.3, -0.25) is 4.79 Å².